The zero-order valence-electron chi connectivity index (χ0n) is 12.1. The molecule has 2 aliphatic heterocycles. The summed E-state index contributed by atoms with van der Waals surface area (Å²) in [4.78, 5) is 6.49. The third-order valence-electron chi connectivity index (χ3n) is 3.77. The van der Waals surface area contributed by atoms with Gasteiger partial charge in [0, 0.05) is 13.6 Å². The maximum atomic E-state index is 10.2. The molecule has 116 valence electrons. The van der Waals surface area contributed by atoms with Gasteiger partial charge in [0.2, 0.25) is 0 Å². The maximum Gasteiger partial charge on any atom is 0.162 e. The van der Waals surface area contributed by atoms with Crippen LogP contribution in [0.4, 0.5) is 0 Å². The third kappa shape index (κ3) is 2.96. The lowest BCUT2D eigenvalue weighted by molar-refractivity contribution is -0.185. The fourth-order valence-electron chi connectivity index (χ4n) is 2.54. The van der Waals surface area contributed by atoms with Crippen LogP contribution in [0.3, 0.4) is 0 Å². The van der Waals surface area contributed by atoms with Crippen LogP contribution in [0.15, 0.2) is 4.99 Å². The largest absolute Gasteiger partial charge is 0.390 e. The average molecular weight is 304 g/mol. The van der Waals surface area contributed by atoms with Gasteiger partial charge >= 0.3 is 0 Å². The lowest BCUT2D eigenvalue weighted by atomic mass is 9.94. The van der Waals surface area contributed by atoms with Crippen LogP contribution in [0.1, 0.15) is 26.7 Å². The number of thioether (sulfide) groups is 1. The molecule has 6 nitrogen and oxygen atoms in total. The Labute approximate surface area is 123 Å². The number of aliphatic hydroxyl groups excluding tert-OH is 3. The van der Waals surface area contributed by atoms with Gasteiger partial charge in [-0.15, -0.1) is 0 Å². The number of hydrogen-bond acceptors (Lipinski definition) is 7. The van der Waals surface area contributed by atoms with Crippen LogP contribution >= 0.6 is 11.8 Å². The molecule has 0 aromatic rings. The molecule has 0 bridgehead atoms. The van der Waals surface area contributed by atoms with Crippen molar-refractivity contribution >= 4 is 16.9 Å². The van der Waals surface area contributed by atoms with Crippen molar-refractivity contribution in [1.82, 2.24) is 4.90 Å². The predicted molar refractivity (Wildman–Crippen MR) is 78.7 cm³/mol. The molecule has 1 fully saturated rings. The second-order valence-electron chi connectivity index (χ2n) is 5.37. The lowest BCUT2D eigenvalue weighted by Gasteiger charge is -2.40. The molecular formula is C13H24N2O4S. The van der Waals surface area contributed by atoms with Gasteiger partial charge in [0.1, 0.15) is 29.8 Å². The first-order chi connectivity index (χ1) is 9.49. The smallest absolute Gasteiger partial charge is 0.162 e. The van der Waals surface area contributed by atoms with E-state index in [9.17, 15) is 15.3 Å². The summed E-state index contributed by atoms with van der Waals surface area (Å²) in [6, 6.07) is -0.468. The molecule has 2 heterocycles. The molecule has 3 N–H and O–H groups in total. The standard InChI is InChI=1S/C13H24N2O4S/c1-4-6-15(3)13-14-8-9(17)10(18)11(7(16)5-2)19-12(8)20-13/h7-12,16-18H,4-6H2,1-3H3. The number of fused-ring (bicyclic) bond motifs is 1. The van der Waals surface area contributed by atoms with E-state index in [-0.39, 0.29) is 5.44 Å². The summed E-state index contributed by atoms with van der Waals surface area (Å²) in [5.74, 6) is 0. The first-order valence-corrected chi connectivity index (χ1v) is 8.02. The molecule has 20 heavy (non-hydrogen) atoms. The summed E-state index contributed by atoms with van der Waals surface area (Å²) < 4.78 is 5.77. The molecule has 0 amide bonds. The van der Waals surface area contributed by atoms with Crippen molar-refractivity contribution in [2.45, 2.75) is 62.6 Å². The second kappa shape index (κ2) is 6.62. The second-order valence-corrected chi connectivity index (χ2v) is 6.43. The molecule has 0 radical (unpaired) electrons. The van der Waals surface area contributed by atoms with E-state index < -0.39 is 30.5 Å². The minimum atomic E-state index is -1.11. The van der Waals surface area contributed by atoms with Crippen molar-refractivity contribution in [2.75, 3.05) is 13.6 Å². The molecule has 0 aliphatic carbocycles. The summed E-state index contributed by atoms with van der Waals surface area (Å²) in [6.07, 6.45) is -2.16. The summed E-state index contributed by atoms with van der Waals surface area (Å²) in [5, 5.41) is 31.0. The molecule has 0 aromatic carbocycles. The summed E-state index contributed by atoms with van der Waals surface area (Å²) in [5.41, 5.74) is -0.339. The van der Waals surface area contributed by atoms with Crippen molar-refractivity contribution in [1.29, 1.82) is 0 Å². The highest BCUT2D eigenvalue weighted by Gasteiger charge is 2.50. The summed E-state index contributed by atoms with van der Waals surface area (Å²) >= 11 is 1.45. The van der Waals surface area contributed by atoms with E-state index in [1.54, 1.807) is 0 Å². The van der Waals surface area contributed by atoms with Crippen LogP contribution in [0.2, 0.25) is 0 Å². The van der Waals surface area contributed by atoms with Crippen molar-refractivity contribution < 1.29 is 20.1 Å². The van der Waals surface area contributed by atoms with Crippen LogP contribution in [-0.4, -0.2) is 74.9 Å². The number of aliphatic imine (C=N–C) groups is 1. The number of aliphatic hydroxyl groups is 3. The van der Waals surface area contributed by atoms with Crippen LogP contribution in [0.5, 0.6) is 0 Å². The molecule has 6 unspecified atom stereocenters. The average Bonchev–Trinajstić information content (AvgIpc) is 2.86. The number of rotatable bonds is 4. The number of amidine groups is 1. The Hall–Kier alpha value is -0.340. The fourth-order valence-corrected chi connectivity index (χ4v) is 3.75. The first kappa shape index (κ1) is 16.0. The van der Waals surface area contributed by atoms with Gasteiger partial charge in [-0.3, -0.25) is 4.99 Å². The molecule has 1 saturated heterocycles. The Morgan fingerprint density at radius 1 is 1.35 bits per heavy atom. The van der Waals surface area contributed by atoms with E-state index >= 15 is 0 Å². The fraction of sp³-hybridized carbons (Fsp3) is 0.923. The number of nitrogens with zero attached hydrogens (tertiary/aromatic N) is 2. The van der Waals surface area contributed by atoms with E-state index in [1.165, 1.54) is 11.8 Å². The summed E-state index contributed by atoms with van der Waals surface area (Å²) in [6.45, 7) is 4.79. The molecule has 0 spiro atoms. The molecule has 2 aliphatic rings. The molecule has 0 saturated carbocycles. The van der Waals surface area contributed by atoms with Gasteiger partial charge in [0.15, 0.2) is 5.17 Å². The third-order valence-corrected chi connectivity index (χ3v) is 5.02. The highest BCUT2D eigenvalue weighted by atomic mass is 32.2. The molecule has 7 heteroatoms. The Morgan fingerprint density at radius 3 is 2.65 bits per heavy atom. The van der Waals surface area contributed by atoms with E-state index in [4.69, 9.17) is 4.74 Å². The Balaban J connectivity index is 2.09. The Morgan fingerprint density at radius 2 is 2.05 bits per heavy atom. The SMILES string of the molecule is CCCN(C)C1=NC2C(OC(C(O)CC)C(O)C2O)S1. The highest BCUT2D eigenvalue weighted by Crippen LogP contribution is 2.38. The van der Waals surface area contributed by atoms with Gasteiger partial charge in [-0.05, 0) is 12.8 Å². The van der Waals surface area contributed by atoms with E-state index in [2.05, 4.69) is 11.9 Å². The predicted octanol–water partition coefficient (Wildman–Crippen LogP) is 0.0172. The van der Waals surface area contributed by atoms with Crippen molar-refractivity contribution in [3.63, 3.8) is 0 Å². The van der Waals surface area contributed by atoms with Crippen molar-refractivity contribution in [2.24, 2.45) is 4.99 Å². The van der Waals surface area contributed by atoms with Crippen LogP contribution in [0.25, 0.3) is 0 Å². The van der Waals surface area contributed by atoms with Gasteiger partial charge in [0.05, 0.1) is 6.10 Å². The Kier molecular flexibility index (Phi) is 5.30. The van der Waals surface area contributed by atoms with E-state index in [0.29, 0.717) is 6.42 Å². The van der Waals surface area contributed by atoms with Gasteiger partial charge in [-0.2, -0.15) is 0 Å². The monoisotopic (exact) mass is 304 g/mol. The normalized spacial score (nSPS) is 38.3. The molecule has 0 aromatic heterocycles. The zero-order valence-corrected chi connectivity index (χ0v) is 13.0. The number of ether oxygens (including phenoxy) is 1. The lowest BCUT2D eigenvalue weighted by Crippen LogP contribution is -2.58. The minimum Gasteiger partial charge on any atom is -0.390 e. The van der Waals surface area contributed by atoms with Crippen LogP contribution in [0, 0.1) is 0 Å². The highest BCUT2D eigenvalue weighted by molar-refractivity contribution is 8.14. The van der Waals surface area contributed by atoms with Crippen LogP contribution < -0.4 is 0 Å². The van der Waals surface area contributed by atoms with Gasteiger partial charge in [-0.25, -0.2) is 0 Å². The van der Waals surface area contributed by atoms with Gasteiger partial charge in [-0.1, -0.05) is 25.6 Å². The van der Waals surface area contributed by atoms with E-state index in [0.717, 1.165) is 18.1 Å². The first-order valence-electron chi connectivity index (χ1n) is 7.14. The zero-order chi connectivity index (χ0) is 14.9. The van der Waals surface area contributed by atoms with E-state index in [1.807, 2.05) is 18.9 Å². The van der Waals surface area contributed by atoms with Crippen molar-refractivity contribution in [3.05, 3.63) is 0 Å². The molecular weight excluding hydrogens is 280 g/mol. The quantitative estimate of drug-likeness (QED) is 0.679. The molecule has 2 rings (SSSR count). The summed E-state index contributed by atoms with van der Waals surface area (Å²) in [7, 11) is 1.95. The number of hydrogen-bond donors (Lipinski definition) is 3. The van der Waals surface area contributed by atoms with Gasteiger partial charge < -0.3 is 25.0 Å². The molecule has 6 atom stereocenters. The minimum absolute atomic E-state index is 0.339. The maximum absolute atomic E-state index is 10.2. The van der Waals surface area contributed by atoms with Crippen LogP contribution in [-0.2, 0) is 4.74 Å². The topological polar surface area (TPSA) is 85.5 Å². The Bertz CT molecular complexity index is 368. The van der Waals surface area contributed by atoms with Gasteiger partial charge in [0.25, 0.3) is 0 Å². The van der Waals surface area contributed by atoms with Crippen molar-refractivity contribution in [3.8, 4) is 0 Å².